The second-order valence-corrected chi connectivity index (χ2v) is 10.3. The van der Waals surface area contributed by atoms with Crippen LogP contribution in [0.15, 0.2) is 11.6 Å². The molecule has 30 heavy (non-hydrogen) atoms. The van der Waals surface area contributed by atoms with Crippen molar-refractivity contribution in [3.8, 4) is 0 Å². The summed E-state index contributed by atoms with van der Waals surface area (Å²) in [6.45, 7) is 5.58. The lowest BCUT2D eigenvalue weighted by Crippen LogP contribution is -2.58. The highest BCUT2D eigenvalue weighted by atomic mass is 19.4. The molecule has 0 amide bonds. The van der Waals surface area contributed by atoms with E-state index in [9.17, 15) is 27.6 Å². The zero-order valence-electron chi connectivity index (χ0n) is 17.7. The number of alkyl halides is 3. The molecule has 0 spiro atoms. The van der Waals surface area contributed by atoms with Crippen LogP contribution < -0.4 is 0 Å². The molecule has 0 aromatic rings. The predicted molar refractivity (Wildman–Crippen MR) is 102 cm³/mol. The van der Waals surface area contributed by atoms with Crippen molar-refractivity contribution in [2.75, 3.05) is 0 Å². The number of allylic oxidation sites excluding steroid dienone is 1. The van der Waals surface area contributed by atoms with E-state index in [0.29, 0.717) is 12.8 Å². The van der Waals surface area contributed by atoms with Crippen LogP contribution in [0.3, 0.4) is 0 Å². The smallest absolute Gasteiger partial charge is 0.455 e. The molecule has 4 nitrogen and oxygen atoms in total. The number of ether oxygens (including phenoxy) is 1. The first-order valence-electron chi connectivity index (χ1n) is 10.9. The number of esters is 1. The number of carbonyl (C=O) groups excluding carboxylic acids is 3. The summed E-state index contributed by atoms with van der Waals surface area (Å²) in [7, 11) is 0. The molecule has 0 bridgehead atoms. The summed E-state index contributed by atoms with van der Waals surface area (Å²) in [6.07, 6.45) is -0.00456. The molecule has 4 rings (SSSR count). The Labute approximate surface area is 174 Å². The number of Topliss-reactive ketones (excluding diaryl/α,β-unsaturated/α-hetero) is 1. The molecule has 0 aromatic carbocycles. The van der Waals surface area contributed by atoms with Crippen LogP contribution in [0.2, 0.25) is 0 Å². The van der Waals surface area contributed by atoms with Gasteiger partial charge in [-0.3, -0.25) is 9.59 Å². The zero-order valence-corrected chi connectivity index (χ0v) is 17.7. The Bertz CT molecular complexity index is 816. The van der Waals surface area contributed by atoms with Crippen molar-refractivity contribution in [3.05, 3.63) is 11.6 Å². The van der Waals surface area contributed by atoms with Gasteiger partial charge in [-0.05, 0) is 74.2 Å². The van der Waals surface area contributed by atoms with E-state index in [-0.39, 0.29) is 41.7 Å². The normalized spacial score (nSPS) is 43.2. The molecule has 0 heterocycles. The van der Waals surface area contributed by atoms with Crippen LogP contribution >= 0.6 is 0 Å². The first kappa shape index (κ1) is 21.6. The van der Waals surface area contributed by atoms with Crippen LogP contribution in [-0.4, -0.2) is 29.8 Å². The van der Waals surface area contributed by atoms with Gasteiger partial charge in [-0.25, -0.2) is 4.79 Å². The van der Waals surface area contributed by atoms with Gasteiger partial charge in [0.25, 0.3) is 0 Å². The highest BCUT2D eigenvalue weighted by Crippen LogP contribution is 2.67. The third-order valence-corrected chi connectivity index (χ3v) is 8.85. The van der Waals surface area contributed by atoms with Crippen LogP contribution in [0.1, 0.15) is 65.7 Å². The third-order valence-electron chi connectivity index (χ3n) is 8.85. The standard InChI is InChI=1S/C23H29F3O4/c1-12(27)16-6-7-17-15-5-4-13-10-14(28)8-9-21(13,2)19(15)18(11-22(16,17)3)30-20(29)23(24,25)26/h10,15-19H,4-9,11H2,1-3H3/t15?,16-,17?,18-,19?,21+,22-/m1/s1. The van der Waals surface area contributed by atoms with E-state index in [0.717, 1.165) is 31.3 Å². The molecule has 0 saturated heterocycles. The quantitative estimate of drug-likeness (QED) is 0.595. The van der Waals surface area contributed by atoms with Gasteiger partial charge in [0.05, 0.1) is 0 Å². The fourth-order valence-corrected chi connectivity index (χ4v) is 7.63. The lowest BCUT2D eigenvalue weighted by atomic mass is 9.46. The molecular weight excluding hydrogens is 397 g/mol. The lowest BCUT2D eigenvalue weighted by molar-refractivity contribution is -0.221. The predicted octanol–water partition coefficient (Wildman–Crippen LogP) is 4.81. The summed E-state index contributed by atoms with van der Waals surface area (Å²) in [5.41, 5.74) is 0.0620. The van der Waals surface area contributed by atoms with Crippen molar-refractivity contribution in [3.63, 3.8) is 0 Å². The number of hydrogen-bond donors (Lipinski definition) is 0. The Morgan fingerprint density at radius 2 is 1.83 bits per heavy atom. The molecule has 166 valence electrons. The average Bonchev–Trinajstić information content (AvgIpc) is 2.98. The molecule has 0 aromatic heterocycles. The van der Waals surface area contributed by atoms with Crippen molar-refractivity contribution in [1.82, 2.24) is 0 Å². The van der Waals surface area contributed by atoms with Crippen LogP contribution in [0.4, 0.5) is 13.2 Å². The topological polar surface area (TPSA) is 60.4 Å². The molecule has 4 aliphatic rings. The largest absolute Gasteiger partial charge is 0.490 e. The first-order chi connectivity index (χ1) is 13.9. The molecule has 0 radical (unpaired) electrons. The molecule has 3 unspecified atom stereocenters. The number of fused-ring (bicyclic) bond motifs is 5. The van der Waals surface area contributed by atoms with E-state index in [1.165, 1.54) is 0 Å². The fraction of sp³-hybridized carbons (Fsp3) is 0.783. The molecule has 0 N–H and O–H groups in total. The monoisotopic (exact) mass is 426 g/mol. The Morgan fingerprint density at radius 1 is 1.13 bits per heavy atom. The number of hydrogen-bond acceptors (Lipinski definition) is 4. The maximum absolute atomic E-state index is 13.1. The average molecular weight is 426 g/mol. The summed E-state index contributed by atoms with van der Waals surface area (Å²) in [5, 5.41) is 0. The van der Waals surface area contributed by atoms with E-state index in [1.54, 1.807) is 13.0 Å². The number of carbonyl (C=O) groups is 3. The van der Waals surface area contributed by atoms with Gasteiger partial charge in [0.15, 0.2) is 5.78 Å². The first-order valence-corrected chi connectivity index (χ1v) is 10.9. The van der Waals surface area contributed by atoms with Gasteiger partial charge in [-0.15, -0.1) is 0 Å². The Kier molecular flexibility index (Phi) is 4.98. The lowest BCUT2D eigenvalue weighted by Gasteiger charge is -2.60. The van der Waals surface area contributed by atoms with E-state index in [4.69, 9.17) is 4.74 Å². The van der Waals surface area contributed by atoms with Gasteiger partial charge in [0.2, 0.25) is 0 Å². The zero-order chi connectivity index (χ0) is 22.1. The highest BCUT2D eigenvalue weighted by molar-refractivity contribution is 5.91. The minimum atomic E-state index is -5.06. The maximum atomic E-state index is 13.1. The van der Waals surface area contributed by atoms with E-state index in [1.807, 2.05) is 13.8 Å². The van der Waals surface area contributed by atoms with E-state index in [2.05, 4.69) is 0 Å². The Hall–Kier alpha value is -1.66. The van der Waals surface area contributed by atoms with Gasteiger partial charge >= 0.3 is 12.1 Å². The summed E-state index contributed by atoms with van der Waals surface area (Å²) in [4.78, 5) is 36.2. The molecule has 0 aliphatic heterocycles. The van der Waals surface area contributed by atoms with E-state index >= 15 is 0 Å². The summed E-state index contributed by atoms with van der Waals surface area (Å²) >= 11 is 0. The molecule has 3 saturated carbocycles. The molecular formula is C23H29F3O4. The summed E-state index contributed by atoms with van der Waals surface area (Å²) in [6, 6.07) is 0. The van der Waals surface area contributed by atoms with Gasteiger partial charge in [-0.2, -0.15) is 13.2 Å². The van der Waals surface area contributed by atoms with Crippen molar-refractivity contribution >= 4 is 17.5 Å². The van der Waals surface area contributed by atoms with Crippen molar-refractivity contribution in [2.24, 2.45) is 34.5 Å². The number of rotatable bonds is 2. The van der Waals surface area contributed by atoms with Crippen LogP contribution in [-0.2, 0) is 19.1 Å². The van der Waals surface area contributed by atoms with Gasteiger partial charge < -0.3 is 4.74 Å². The fourth-order valence-electron chi connectivity index (χ4n) is 7.63. The number of ketones is 2. The van der Waals surface area contributed by atoms with Crippen molar-refractivity contribution in [2.45, 2.75) is 78.0 Å². The molecule has 7 atom stereocenters. The SMILES string of the molecule is CC(=O)[C@H]1CCC2C3CCC4=CC(=O)CC[C@]4(C)C3[C@H](OC(=O)C(F)(F)F)C[C@@]21C. The minimum Gasteiger partial charge on any atom is -0.455 e. The van der Waals surface area contributed by atoms with Crippen LogP contribution in [0, 0.1) is 34.5 Å². The summed E-state index contributed by atoms with van der Waals surface area (Å²) in [5.74, 6) is -2.22. The Balaban J connectivity index is 1.77. The molecule has 4 aliphatic carbocycles. The van der Waals surface area contributed by atoms with Crippen molar-refractivity contribution < 1.29 is 32.3 Å². The van der Waals surface area contributed by atoms with Crippen molar-refractivity contribution in [1.29, 1.82) is 0 Å². The van der Waals surface area contributed by atoms with Gasteiger partial charge in [0, 0.05) is 18.3 Å². The highest BCUT2D eigenvalue weighted by Gasteiger charge is 2.64. The molecule has 7 heteroatoms. The number of halogens is 3. The third kappa shape index (κ3) is 3.14. The second kappa shape index (κ2) is 6.92. The van der Waals surface area contributed by atoms with Crippen LogP contribution in [0.5, 0.6) is 0 Å². The maximum Gasteiger partial charge on any atom is 0.490 e. The van der Waals surface area contributed by atoms with E-state index < -0.39 is 29.1 Å². The Morgan fingerprint density at radius 3 is 2.47 bits per heavy atom. The summed E-state index contributed by atoms with van der Waals surface area (Å²) < 4.78 is 44.5. The molecule has 3 fully saturated rings. The van der Waals surface area contributed by atoms with Gasteiger partial charge in [0.1, 0.15) is 11.9 Å². The second-order valence-electron chi connectivity index (χ2n) is 10.3. The van der Waals surface area contributed by atoms with Gasteiger partial charge in [-0.1, -0.05) is 19.4 Å². The minimum absolute atomic E-state index is 0.0583. The van der Waals surface area contributed by atoms with Crippen LogP contribution in [0.25, 0.3) is 0 Å².